The summed E-state index contributed by atoms with van der Waals surface area (Å²) >= 11 is 0. The topological polar surface area (TPSA) is 83.8 Å². The molecule has 4 aromatic rings. The molecule has 2 N–H and O–H groups in total. The third-order valence-corrected chi connectivity index (χ3v) is 5.41. The van der Waals surface area contributed by atoms with Crippen molar-refractivity contribution in [1.82, 2.24) is 19.7 Å². The van der Waals surface area contributed by atoms with E-state index in [-0.39, 0.29) is 11.6 Å². The van der Waals surface area contributed by atoms with Crippen LogP contribution in [0.15, 0.2) is 71.7 Å². The fourth-order valence-corrected chi connectivity index (χ4v) is 3.83. The van der Waals surface area contributed by atoms with Gasteiger partial charge in [0.1, 0.15) is 11.2 Å². The second kappa shape index (κ2) is 9.05. The van der Waals surface area contributed by atoms with Crippen molar-refractivity contribution < 1.29 is 5.11 Å². The lowest BCUT2D eigenvalue weighted by Crippen LogP contribution is -2.24. The van der Waals surface area contributed by atoms with Gasteiger partial charge in [-0.2, -0.15) is 5.10 Å². The molecule has 6 nitrogen and oxygen atoms in total. The minimum absolute atomic E-state index is 0.203. The Morgan fingerprint density at radius 1 is 1.03 bits per heavy atom. The Morgan fingerprint density at radius 2 is 1.70 bits per heavy atom. The van der Waals surface area contributed by atoms with Crippen LogP contribution >= 0.6 is 0 Å². The summed E-state index contributed by atoms with van der Waals surface area (Å²) in [4.78, 5) is 20.1. The molecular weight excluding hydrogens is 376 g/mol. The summed E-state index contributed by atoms with van der Waals surface area (Å²) < 4.78 is 1.72. The number of H-pyrrole nitrogens is 1. The fourth-order valence-electron chi connectivity index (χ4n) is 3.83. The minimum atomic E-state index is -0.609. The van der Waals surface area contributed by atoms with Gasteiger partial charge in [0.25, 0.3) is 5.56 Å². The molecule has 0 aliphatic carbocycles. The number of aliphatic hydroxyl groups excluding tert-OH is 1. The number of benzene rings is 2. The molecule has 0 saturated carbocycles. The largest absolute Gasteiger partial charge is 0.391 e. The number of aliphatic hydroxyl groups is 1. The first-order valence-corrected chi connectivity index (χ1v) is 10.3. The highest BCUT2D eigenvalue weighted by Gasteiger charge is 2.22. The van der Waals surface area contributed by atoms with E-state index in [1.165, 1.54) is 5.56 Å². The minimum Gasteiger partial charge on any atom is -0.391 e. The first-order valence-electron chi connectivity index (χ1n) is 10.3. The van der Waals surface area contributed by atoms with Gasteiger partial charge in [-0.1, -0.05) is 60.7 Å². The monoisotopic (exact) mass is 402 g/mol. The highest BCUT2D eigenvalue weighted by molar-refractivity contribution is 5.73. The molecule has 0 fully saturated rings. The lowest BCUT2D eigenvalue weighted by Gasteiger charge is -2.21. The van der Waals surface area contributed by atoms with Gasteiger partial charge in [-0.05, 0) is 37.3 Å². The molecule has 2 heterocycles. The van der Waals surface area contributed by atoms with E-state index in [9.17, 15) is 9.90 Å². The quantitative estimate of drug-likeness (QED) is 0.471. The number of rotatable bonds is 8. The van der Waals surface area contributed by atoms with E-state index in [1.54, 1.807) is 17.8 Å². The van der Waals surface area contributed by atoms with Gasteiger partial charge in [-0.3, -0.25) is 4.79 Å². The van der Waals surface area contributed by atoms with Gasteiger partial charge in [0.2, 0.25) is 0 Å². The van der Waals surface area contributed by atoms with Crippen molar-refractivity contribution in [3.05, 3.63) is 94.2 Å². The molecule has 0 aliphatic heterocycles. The van der Waals surface area contributed by atoms with Crippen molar-refractivity contribution in [2.75, 3.05) is 0 Å². The highest BCUT2D eigenvalue weighted by atomic mass is 16.3. The van der Waals surface area contributed by atoms with Crippen LogP contribution in [0.4, 0.5) is 0 Å². The molecule has 154 valence electrons. The van der Waals surface area contributed by atoms with Crippen LogP contribution in [-0.2, 0) is 12.8 Å². The summed E-state index contributed by atoms with van der Waals surface area (Å²) in [5.74, 6) is 0.592. The third kappa shape index (κ3) is 4.49. The summed E-state index contributed by atoms with van der Waals surface area (Å²) in [6.45, 7) is 1.76. The summed E-state index contributed by atoms with van der Waals surface area (Å²) in [5.41, 5.74) is 2.66. The van der Waals surface area contributed by atoms with Crippen LogP contribution in [0.3, 0.4) is 0 Å². The fraction of sp³-hybridized carbons (Fsp3) is 0.292. The van der Waals surface area contributed by atoms with Crippen LogP contribution in [0.1, 0.15) is 42.8 Å². The maximum atomic E-state index is 12.6. The van der Waals surface area contributed by atoms with E-state index >= 15 is 0 Å². The molecule has 6 heteroatoms. The molecule has 2 aromatic carbocycles. The zero-order valence-electron chi connectivity index (χ0n) is 17.0. The maximum Gasteiger partial charge on any atom is 0.262 e. The van der Waals surface area contributed by atoms with Crippen molar-refractivity contribution in [2.45, 2.75) is 44.8 Å². The lowest BCUT2D eigenvalue weighted by molar-refractivity contribution is 0.118. The molecule has 0 bridgehead atoms. The van der Waals surface area contributed by atoms with Crippen molar-refractivity contribution in [2.24, 2.45) is 0 Å². The average Bonchev–Trinajstić information content (AvgIpc) is 3.16. The third-order valence-electron chi connectivity index (χ3n) is 5.41. The van der Waals surface area contributed by atoms with Crippen LogP contribution in [0, 0.1) is 0 Å². The van der Waals surface area contributed by atoms with E-state index in [2.05, 4.69) is 22.2 Å². The van der Waals surface area contributed by atoms with E-state index in [1.807, 2.05) is 48.5 Å². The summed E-state index contributed by atoms with van der Waals surface area (Å²) in [6.07, 6.45) is 4.04. The van der Waals surface area contributed by atoms with Gasteiger partial charge < -0.3 is 10.1 Å². The van der Waals surface area contributed by atoms with Gasteiger partial charge >= 0.3 is 0 Å². The maximum absolute atomic E-state index is 12.6. The number of fused-ring (bicyclic) bond motifs is 1. The predicted molar refractivity (Wildman–Crippen MR) is 117 cm³/mol. The molecule has 0 saturated heterocycles. The number of aryl methyl sites for hydroxylation is 1. The van der Waals surface area contributed by atoms with Crippen molar-refractivity contribution in [1.29, 1.82) is 0 Å². The Morgan fingerprint density at radius 3 is 2.37 bits per heavy atom. The van der Waals surface area contributed by atoms with Gasteiger partial charge in [-0.25, -0.2) is 9.67 Å². The highest BCUT2D eigenvalue weighted by Crippen LogP contribution is 2.23. The van der Waals surface area contributed by atoms with Gasteiger partial charge in [0.05, 0.1) is 18.3 Å². The zero-order valence-corrected chi connectivity index (χ0v) is 17.0. The molecule has 0 radical (unpaired) electrons. The van der Waals surface area contributed by atoms with Gasteiger partial charge in [0, 0.05) is 6.42 Å². The SMILES string of the molecule is CC(O)C(CCCc1ccccc1)n1ncc2c(=O)[nH]c(Cc3ccccc3)nc21. The number of aromatic nitrogens is 4. The van der Waals surface area contributed by atoms with Crippen LogP contribution in [0.5, 0.6) is 0 Å². The second-order valence-corrected chi connectivity index (χ2v) is 7.69. The number of nitrogens with zero attached hydrogens (tertiary/aromatic N) is 3. The Balaban J connectivity index is 1.59. The molecule has 0 aliphatic rings. The van der Waals surface area contributed by atoms with E-state index < -0.39 is 6.10 Å². The number of hydrogen-bond donors (Lipinski definition) is 2. The normalized spacial score (nSPS) is 13.4. The Bertz CT molecular complexity index is 1150. The number of hydrogen-bond acceptors (Lipinski definition) is 4. The Labute approximate surface area is 175 Å². The first kappa shape index (κ1) is 20.0. The molecule has 0 amide bonds. The van der Waals surface area contributed by atoms with Crippen LogP contribution in [0.2, 0.25) is 0 Å². The lowest BCUT2D eigenvalue weighted by atomic mass is 10.0. The van der Waals surface area contributed by atoms with E-state index in [0.29, 0.717) is 23.3 Å². The van der Waals surface area contributed by atoms with Crippen LogP contribution in [0.25, 0.3) is 11.0 Å². The molecule has 30 heavy (non-hydrogen) atoms. The average molecular weight is 402 g/mol. The Kier molecular flexibility index (Phi) is 6.05. The summed E-state index contributed by atoms with van der Waals surface area (Å²) in [6, 6.07) is 19.9. The number of nitrogens with one attached hydrogen (secondary N) is 1. The van der Waals surface area contributed by atoms with Crippen LogP contribution < -0.4 is 5.56 Å². The second-order valence-electron chi connectivity index (χ2n) is 7.69. The van der Waals surface area contributed by atoms with Crippen molar-refractivity contribution in [3.8, 4) is 0 Å². The van der Waals surface area contributed by atoms with E-state index in [0.717, 1.165) is 24.8 Å². The van der Waals surface area contributed by atoms with Crippen molar-refractivity contribution >= 4 is 11.0 Å². The molecule has 2 atom stereocenters. The zero-order chi connectivity index (χ0) is 20.9. The van der Waals surface area contributed by atoms with Gasteiger partial charge in [-0.15, -0.1) is 0 Å². The number of aromatic amines is 1. The molecular formula is C24H26N4O2. The smallest absolute Gasteiger partial charge is 0.262 e. The summed E-state index contributed by atoms with van der Waals surface area (Å²) in [7, 11) is 0. The standard InChI is InChI=1S/C24H26N4O2/c1-17(29)21(14-8-13-18-9-4-2-5-10-18)28-23-20(16-25-28)24(30)27-22(26-23)15-19-11-6-3-7-12-19/h2-7,9-12,16-17,21,29H,8,13-15H2,1H3,(H,26,27,30). The molecule has 2 aromatic heterocycles. The molecule has 4 rings (SSSR count). The van der Waals surface area contributed by atoms with Crippen molar-refractivity contribution in [3.63, 3.8) is 0 Å². The van der Waals surface area contributed by atoms with Crippen LogP contribution in [-0.4, -0.2) is 31.0 Å². The summed E-state index contributed by atoms with van der Waals surface area (Å²) in [5, 5.41) is 15.3. The predicted octanol–water partition coefficient (Wildman–Crippen LogP) is 3.66. The first-order chi connectivity index (χ1) is 14.6. The Hall–Kier alpha value is -3.25. The molecule has 2 unspecified atom stereocenters. The van der Waals surface area contributed by atoms with Gasteiger partial charge in [0.15, 0.2) is 5.65 Å². The van der Waals surface area contributed by atoms with E-state index in [4.69, 9.17) is 4.98 Å². The molecule has 0 spiro atoms.